The lowest BCUT2D eigenvalue weighted by Gasteiger charge is -2.31. The standard InChI is InChI=1S/C15H27N3O2.ClH/c1-11(12-5-7-16-8-6-12)9-14(19)17-13-3-4-15(20)18(2)10-13;/h11-13,16H,3-10H2,1-2H3,(H,17,19);1H. The highest BCUT2D eigenvalue weighted by Crippen LogP contribution is 2.24. The summed E-state index contributed by atoms with van der Waals surface area (Å²) in [6.07, 6.45) is 4.28. The van der Waals surface area contributed by atoms with Crippen molar-refractivity contribution in [2.24, 2.45) is 11.8 Å². The summed E-state index contributed by atoms with van der Waals surface area (Å²) in [6, 6.07) is 0.130. The number of carbonyl (C=O) groups is 2. The zero-order chi connectivity index (χ0) is 14.5. The van der Waals surface area contributed by atoms with Crippen LogP contribution >= 0.6 is 12.4 Å². The van der Waals surface area contributed by atoms with E-state index >= 15 is 0 Å². The van der Waals surface area contributed by atoms with E-state index < -0.39 is 0 Å². The van der Waals surface area contributed by atoms with Crippen molar-refractivity contribution in [1.29, 1.82) is 0 Å². The summed E-state index contributed by atoms with van der Waals surface area (Å²) in [5.74, 6) is 1.43. The quantitative estimate of drug-likeness (QED) is 0.818. The van der Waals surface area contributed by atoms with Crippen LogP contribution in [0.3, 0.4) is 0 Å². The van der Waals surface area contributed by atoms with Crippen molar-refractivity contribution in [3.63, 3.8) is 0 Å². The van der Waals surface area contributed by atoms with E-state index in [4.69, 9.17) is 0 Å². The molecule has 0 aromatic heterocycles. The lowest BCUT2D eigenvalue weighted by Crippen LogP contribution is -2.48. The third kappa shape index (κ3) is 5.47. The van der Waals surface area contributed by atoms with E-state index in [1.165, 1.54) is 12.8 Å². The number of rotatable bonds is 4. The molecule has 2 fully saturated rings. The average molecular weight is 318 g/mol. The number of halogens is 1. The number of carbonyl (C=O) groups excluding carboxylic acids is 2. The fraction of sp³-hybridized carbons (Fsp3) is 0.867. The van der Waals surface area contributed by atoms with E-state index in [0.29, 0.717) is 31.2 Å². The molecule has 0 spiro atoms. The van der Waals surface area contributed by atoms with Crippen molar-refractivity contribution in [3.8, 4) is 0 Å². The summed E-state index contributed by atoms with van der Waals surface area (Å²) in [6.45, 7) is 4.98. The van der Waals surface area contributed by atoms with Gasteiger partial charge in [-0.25, -0.2) is 0 Å². The Kier molecular flexibility index (Phi) is 7.46. The molecule has 0 aromatic rings. The molecule has 0 aromatic carbocycles. The fourth-order valence-electron chi connectivity index (χ4n) is 3.29. The Morgan fingerprint density at radius 1 is 1.38 bits per heavy atom. The molecular weight excluding hydrogens is 290 g/mol. The van der Waals surface area contributed by atoms with Gasteiger partial charge < -0.3 is 15.5 Å². The van der Waals surface area contributed by atoms with Crippen LogP contribution in [0.1, 0.15) is 39.0 Å². The van der Waals surface area contributed by atoms with Crippen LogP contribution in [0.5, 0.6) is 0 Å². The van der Waals surface area contributed by atoms with Gasteiger partial charge in [0.1, 0.15) is 0 Å². The molecular formula is C15H28ClN3O2. The van der Waals surface area contributed by atoms with Gasteiger partial charge >= 0.3 is 0 Å². The largest absolute Gasteiger partial charge is 0.352 e. The normalized spacial score (nSPS) is 25.1. The van der Waals surface area contributed by atoms with E-state index in [2.05, 4.69) is 17.6 Å². The average Bonchev–Trinajstić information content (AvgIpc) is 2.44. The Morgan fingerprint density at radius 3 is 2.67 bits per heavy atom. The van der Waals surface area contributed by atoms with Crippen LogP contribution in [-0.2, 0) is 9.59 Å². The zero-order valence-corrected chi connectivity index (χ0v) is 13.9. The third-order valence-corrected chi connectivity index (χ3v) is 4.69. The molecule has 2 unspecified atom stereocenters. The maximum atomic E-state index is 12.1. The van der Waals surface area contributed by atoms with Crippen molar-refractivity contribution >= 4 is 24.2 Å². The molecule has 21 heavy (non-hydrogen) atoms. The van der Waals surface area contributed by atoms with E-state index in [1.54, 1.807) is 11.9 Å². The zero-order valence-electron chi connectivity index (χ0n) is 13.1. The summed E-state index contributed by atoms with van der Waals surface area (Å²) in [5, 5.41) is 6.45. The highest BCUT2D eigenvalue weighted by atomic mass is 35.5. The first-order chi connectivity index (χ1) is 9.56. The molecule has 0 bridgehead atoms. The van der Waals surface area contributed by atoms with Gasteiger partial charge in [-0.2, -0.15) is 0 Å². The molecule has 122 valence electrons. The second kappa shape index (κ2) is 8.59. The molecule has 2 N–H and O–H groups in total. The van der Waals surface area contributed by atoms with E-state index in [0.717, 1.165) is 19.5 Å². The van der Waals surface area contributed by atoms with E-state index in [9.17, 15) is 9.59 Å². The maximum Gasteiger partial charge on any atom is 0.222 e. The maximum absolute atomic E-state index is 12.1. The second-order valence-corrected chi connectivity index (χ2v) is 6.35. The lowest BCUT2D eigenvalue weighted by atomic mass is 9.84. The van der Waals surface area contributed by atoms with Crippen LogP contribution in [0, 0.1) is 11.8 Å². The van der Waals surface area contributed by atoms with Crippen LogP contribution in [0.25, 0.3) is 0 Å². The molecule has 2 rings (SSSR count). The molecule has 0 radical (unpaired) electrons. The summed E-state index contributed by atoms with van der Waals surface area (Å²) >= 11 is 0. The number of likely N-dealkylation sites (N-methyl/N-ethyl adjacent to an activating group) is 1. The van der Waals surface area contributed by atoms with Crippen LogP contribution in [0.15, 0.2) is 0 Å². The van der Waals surface area contributed by atoms with Gasteiger partial charge in [-0.15, -0.1) is 12.4 Å². The van der Waals surface area contributed by atoms with E-state index in [1.807, 2.05) is 0 Å². The lowest BCUT2D eigenvalue weighted by molar-refractivity contribution is -0.134. The number of nitrogens with zero attached hydrogens (tertiary/aromatic N) is 1. The first kappa shape index (κ1) is 18.2. The minimum Gasteiger partial charge on any atom is -0.352 e. The summed E-state index contributed by atoms with van der Waals surface area (Å²) < 4.78 is 0. The van der Waals surface area contributed by atoms with Gasteiger partial charge in [-0.1, -0.05) is 6.92 Å². The Morgan fingerprint density at radius 2 is 2.05 bits per heavy atom. The van der Waals surface area contributed by atoms with Crippen molar-refractivity contribution in [1.82, 2.24) is 15.5 Å². The number of piperidine rings is 2. The first-order valence-corrected chi connectivity index (χ1v) is 7.80. The molecule has 2 aliphatic heterocycles. The smallest absolute Gasteiger partial charge is 0.222 e. The molecule has 0 saturated carbocycles. The molecule has 2 aliphatic rings. The summed E-state index contributed by atoms with van der Waals surface area (Å²) in [7, 11) is 1.80. The van der Waals surface area contributed by atoms with Gasteiger partial charge in [0, 0.05) is 32.5 Å². The van der Waals surface area contributed by atoms with Gasteiger partial charge in [0.05, 0.1) is 0 Å². The van der Waals surface area contributed by atoms with Crippen LogP contribution in [-0.4, -0.2) is 49.4 Å². The van der Waals surface area contributed by atoms with Gasteiger partial charge in [-0.05, 0) is 44.2 Å². The minimum absolute atomic E-state index is 0. The SMILES string of the molecule is CC(CC(=O)NC1CCC(=O)N(C)C1)C1CCNCC1.Cl. The van der Waals surface area contributed by atoms with Gasteiger partial charge in [0.15, 0.2) is 0 Å². The number of hydrogen-bond acceptors (Lipinski definition) is 3. The molecule has 2 atom stereocenters. The Labute approximate surface area is 133 Å². The number of likely N-dealkylation sites (tertiary alicyclic amines) is 1. The summed E-state index contributed by atoms with van der Waals surface area (Å²) in [4.78, 5) is 25.3. The minimum atomic E-state index is 0. The Hall–Kier alpha value is -0.810. The molecule has 2 saturated heterocycles. The Bertz CT molecular complexity index is 359. The predicted molar refractivity (Wildman–Crippen MR) is 85.4 cm³/mol. The van der Waals surface area contributed by atoms with Crippen molar-refractivity contribution in [2.45, 2.75) is 45.1 Å². The molecule has 2 amide bonds. The highest BCUT2D eigenvalue weighted by molar-refractivity contribution is 5.85. The van der Waals surface area contributed by atoms with E-state index in [-0.39, 0.29) is 30.3 Å². The number of nitrogens with one attached hydrogen (secondary N) is 2. The third-order valence-electron chi connectivity index (χ3n) is 4.69. The number of hydrogen-bond donors (Lipinski definition) is 2. The second-order valence-electron chi connectivity index (χ2n) is 6.35. The predicted octanol–water partition coefficient (Wildman–Crippen LogP) is 1.17. The van der Waals surface area contributed by atoms with Crippen molar-refractivity contribution in [3.05, 3.63) is 0 Å². The van der Waals surface area contributed by atoms with Crippen molar-refractivity contribution < 1.29 is 9.59 Å². The van der Waals surface area contributed by atoms with Crippen LogP contribution in [0.4, 0.5) is 0 Å². The molecule has 2 heterocycles. The molecule has 0 aliphatic carbocycles. The topological polar surface area (TPSA) is 61.4 Å². The number of amides is 2. The van der Waals surface area contributed by atoms with Crippen molar-refractivity contribution in [2.75, 3.05) is 26.7 Å². The van der Waals surface area contributed by atoms with Gasteiger partial charge in [0.2, 0.25) is 11.8 Å². The fourth-order valence-corrected chi connectivity index (χ4v) is 3.29. The van der Waals surface area contributed by atoms with Gasteiger partial charge in [-0.3, -0.25) is 9.59 Å². The highest BCUT2D eigenvalue weighted by Gasteiger charge is 2.26. The molecule has 5 nitrogen and oxygen atoms in total. The summed E-state index contributed by atoms with van der Waals surface area (Å²) in [5.41, 5.74) is 0. The monoisotopic (exact) mass is 317 g/mol. The van der Waals surface area contributed by atoms with Gasteiger partial charge in [0.25, 0.3) is 0 Å². The molecule has 6 heteroatoms. The van der Waals surface area contributed by atoms with Crippen LogP contribution < -0.4 is 10.6 Å². The Balaban J connectivity index is 0.00000220. The first-order valence-electron chi connectivity index (χ1n) is 7.80. The van der Waals surface area contributed by atoms with Crippen LogP contribution in [0.2, 0.25) is 0 Å².